The third-order valence-corrected chi connectivity index (χ3v) is 3.98. The Morgan fingerprint density at radius 2 is 2.10 bits per heavy atom. The Bertz CT molecular complexity index is 470. The molecule has 1 atom stereocenters. The highest BCUT2D eigenvalue weighted by Crippen LogP contribution is 2.28. The summed E-state index contributed by atoms with van der Waals surface area (Å²) < 4.78 is 6.48. The number of amides is 1. The van der Waals surface area contributed by atoms with Crippen molar-refractivity contribution in [2.75, 3.05) is 19.7 Å². The molecular formula is C15H20BrNO3. The Morgan fingerprint density at radius 3 is 2.75 bits per heavy atom. The summed E-state index contributed by atoms with van der Waals surface area (Å²) in [6.45, 7) is 3.35. The molecule has 1 saturated heterocycles. The molecule has 1 aliphatic rings. The van der Waals surface area contributed by atoms with Crippen LogP contribution in [0.1, 0.15) is 37.9 Å². The van der Waals surface area contributed by atoms with Gasteiger partial charge in [0.1, 0.15) is 5.75 Å². The zero-order chi connectivity index (χ0) is 14.5. The van der Waals surface area contributed by atoms with E-state index in [4.69, 9.17) is 4.74 Å². The quantitative estimate of drug-likeness (QED) is 0.915. The van der Waals surface area contributed by atoms with Crippen LogP contribution in [0.15, 0.2) is 22.7 Å². The van der Waals surface area contributed by atoms with Gasteiger partial charge in [-0.05, 0) is 38.3 Å². The van der Waals surface area contributed by atoms with Gasteiger partial charge < -0.3 is 14.7 Å². The molecule has 1 amide bonds. The van der Waals surface area contributed by atoms with Crippen LogP contribution in [0.2, 0.25) is 0 Å². The van der Waals surface area contributed by atoms with E-state index < -0.39 is 6.10 Å². The van der Waals surface area contributed by atoms with E-state index >= 15 is 0 Å². The molecule has 0 unspecified atom stereocenters. The maximum absolute atomic E-state index is 12.1. The fraction of sp³-hybridized carbons (Fsp3) is 0.533. The molecule has 4 nitrogen and oxygen atoms in total. The van der Waals surface area contributed by atoms with Crippen molar-refractivity contribution in [1.29, 1.82) is 0 Å². The number of hydrogen-bond donors (Lipinski definition) is 1. The first kappa shape index (κ1) is 15.3. The maximum Gasteiger partial charge on any atom is 0.260 e. The average molecular weight is 342 g/mol. The standard InChI is InChI=1S/C15H20BrNO3/c1-11(18)13-6-5-12(16)9-14(13)20-10-15(19)17-7-3-2-4-8-17/h5-6,9,11,18H,2-4,7-8,10H2,1H3/t11-/m1/s1. The van der Waals surface area contributed by atoms with Crippen LogP contribution >= 0.6 is 15.9 Å². The van der Waals surface area contributed by atoms with Gasteiger partial charge in [-0.2, -0.15) is 0 Å². The lowest BCUT2D eigenvalue weighted by Gasteiger charge is -2.26. The van der Waals surface area contributed by atoms with Crippen LogP contribution in [-0.4, -0.2) is 35.6 Å². The third-order valence-electron chi connectivity index (χ3n) is 3.49. The minimum atomic E-state index is -0.622. The van der Waals surface area contributed by atoms with Crippen molar-refractivity contribution < 1.29 is 14.6 Å². The van der Waals surface area contributed by atoms with Crippen molar-refractivity contribution in [3.05, 3.63) is 28.2 Å². The molecular weight excluding hydrogens is 322 g/mol. The fourth-order valence-corrected chi connectivity index (χ4v) is 2.69. The second-order valence-corrected chi connectivity index (χ2v) is 6.00. The van der Waals surface area contributed by atoms with Crippen molar-refractivity contribution in [2.45, 2.75) is 32.3 Å². The van der Waals surface area contributed by atoms with E-state index in [0.29, 0.717) is 11.3 Å². The van der Waals surface area contributed by atoms with E-state index in [9.17, 15) is 9.90 Å². The molecule has 0 aliphatic carbocycles. The van der Waals surface area contributed by atoms with Crippen LogP contribution < -0.4 is 4.74 Å². The lowest BCUT2D eigenvalue weighted by Crippen LogP contribution is -2.38. The second-order valence-electron chi connectivity index (χ2n) is 5.09. The lowest BCUT2D eigenvalue weighted by atomic mass is 10.1. The number of rotatable bonds is 4. The molecule has 0 spiro atoms. The topological polar surface area (TPSA) is 49.8 Å². The number of nitrogens with zero attached hydrogens (tertiary/aromatic N) is 1. The molecule has 2 rings (SSSR count). The van der Waals surface area contributed by atoms with Crippen LogP contribution in [0.5, 0.6) is 5.75 Å². The predicted octanol–water partition coefficient (Wildman–Crippen LogP) is 2.89. The first-order valence-corrected chi connectivity index (χ1v) is 7.75. The van der Waals surface area contributed by atoms with Crippen molar-refractivity contribution in [3.8, 4) is 5.75 Å². The summed E-state index contributed by atoms with van der Waals surface area (Å²) in [5.74, 6) is 0.570. The van der Waals surface area contributed by atoms with Gasteiger partial charge in [0.15, 0.2) is 6.61 Å². The molecule has 0 aromatic heterocycles. The van der Waals surface area contributed by atoms with E-state index in [1.807, 2.05) is 11.0 Å². The van der Waals surface area contributed by atoms with Gasteiger partial charge in [0.2, 0.25) is 0 Å². The molecule has 110 valence electrons. The van der Waals surface area contributed by atoms with Crippen LogP contribution in [0.25, 0.3) is 0 Å². The van der Waals surface area contributed by atoms with Gasteiger partial charge in [-0.3, -0.25) is 4.79 Å². The van der Waals surface area contributed by atoms with E-state index in [-0.39, 0.29) is 12.5 Å². The Balaban J connectivity index is 1.99. The summed E-state index contributed by atoms with van der Waals surface area (Å²) in [6.07, 6.45) is 2.72. The lowest BCUT2D eigenvalue weighted by molar-refractivity contribution is -0.134. The van der Waals surface area contributed by atoms with Crippen LogP contribution in [-0.2, 0) is 4.79 Å². The number of ether oxygens (including phenoxy) is 1. The molecule has 1 aromatic carbocycles. The zero-order valence-corrected chi connectivity index (χ0v) is 13.2. The van der Waals surface area contributed by atoms with Crippen molar-refractivity contribution in [1.82, 2.24) is 4.90 Å². The largest absolute Gasteiger partial charge is 0.483 e. The maximum atomic E-state index is 12.1. The summed E-state index contributed by atoms with van der Waals surface area (Å²) >= 11 is 3.37. The third kappa shape index (κ3) is 3.96. The zero-order valence-electron chi connectivity index (χ0n) is 11.6. The molecule has 1 N–H and O–H groups in total. The Kier molecular flexibility index (Phi) is 5.43. The normalized spacial score (nSPS) is 16.9. The van der Waals surface area contributed by atoms with E-state index in [2.05, 4.69) is 15.9 Å². The molecule has 0 bridgehead atoms. The number of piperidine rings is 1. The summed E-state index contributed by atoms with van der Waals surface area (Å²) in [7, 11) is 0. The highest BCUT2D eigenvalue weighted by molar-refractivity contribution is 9.10. The number of carbonyl (C=O) groups is 1. The summed E-state index contributed by atoms with van der Waals surface area (Å²) in [4.78, 5) is 13.9. The number of benzene rings is 1. The number of halogens is 1. The van der Waals surface area contributed by atoms with Crippen LogP contribution in [0.4, 0.5) is 0 Å². The SMILES string of the molecule is C[C@@H](O)c1ccc(Br)cc1OCC(=O)N1CCCCC1. The van der Waals surface area contributed by atoms with Crippen molar-refractivity contribution in [2.24, 2.45) is 0 Å². The molecule has 0 radical (unpaired) electrons. The van der Waals surface area contributed by atoms with E-state index in [1.165, 1.54) is 6.42 Å². The van der Waals surface area contributed by atoms with E-state index in [1.54, 1.807) is 19.1 Å². The first-order valence-electron chi connectivity index (χ1n) is 6.96. The smallest absolute Gasteiger partial charge is 0.260 e. The van der Waals surface area contributed by atoms with E-state index in [0.717, 1.165) is 30.4 Å². The highest BCUT2D eigenvalue weighted by Gasteiger charge is 2.18. The summed E-state index contributed by atoms with van der Waals surface area (Å²) in [6, 6.07) is 5.43. The monoisotopic (exact) mass is 341 g/mol. The Labute approximate surface area is 127 Å². The predicted molar refractivity (Wildman–Crippen MR) is 80.7 cm³/mol. The number of likely N-dealkylation sites (tertiary alicyclic amines) is 1. The van der Waals surface area contributed by atoms with Crippen LogP contribution in [0.3, 0.4) is 0 Å². The summed E-state index contributed by atoms with van der Waals surface area (Å²) in [5.41, 5.74) is 0.694. The molecule has 1 heterocycles. The Morgan fingerprint density at radius 1 is 1.40 bits per heavy atom. The van der Waals surface area contributed by atoms with Gasteiger partial charge in [-0.15, -0.1) is 0 Å². The van der Waals surface area contributed by atoms with Gasteiger partial charge in [0, 0.05) is 23.1 Å². The molecule has 1 aromatic rings. The van der Waals surface area contributed by atoms with Crippen molar-refractivity contribution >= 4 is 21.8 Å². The number of aliphatic hydroxyl groups is 1. The van der Waals surface area contributed by atoms with Crippen molar-refractivity contribution in [3.63, 3.8) is 0 Å². The number of hydrogen-bond acceptors (Lipinski definition) is 3. The van der Waals surface area contributed by atoms with Crippen LogP contribution in [0, 0.1) is 0 Å². The Hall–Kier alpha value is -1.07. The van der Waals surface area contributed by atoms with Gasteiger partial charge in [-0.25, -0.2) is 0 Å². The highest BCUT2D eigenvalue weighted by atomic mass is 79.9. The average Bonchev–Trinajstić information content (AvgIpc) is 2.45. The minimum Gasteiger partial charge on any atom is -0.483 e. The fourth-order valence-electron chi connectivity index (χ4n) is 2.35. The molecule has 1 fully saturated rings. The van der Waals surface area contributed by atoms with Gasteiger partial charge >= 0.3 is 0 Å². The molecule has 20 heavy (non-hydrogen) atoms. The number of carbonyl (C=O) groups excluding carboxylic acids is 1. The minimum absolute atomic E-state index is 0.0150. The van der Waals surface area contributed by atoms with Gasteiger partial charge in [0.05, 0.1) is 6.10 Å². The molecule has 0 saturated carbocycles. The molecule has 1 aliphatic heterocycles. The number of aliphatic hydroxyl groups excluding tert-OH is 1. The molecule has 5 heteroatoms. The van der Waals surface area contributed by atoms with Gasteiger partial charge in [0.25, 0.3) is 5.91 Å². The van der Waals surface area contributed by atoms with Gasteiger partial charge in [-0.1, -0.05) is 22.0 Å². The first-order chi connectivity index (χ1) is 9.58. The summed E-state index contributed by atoms with van der Waals surface area (Å²) in [5, 5.41) is 9.72. The second kappa shape index (κ2) is 7.09.